The molecule has 0 saturated carbocycles. The number of likely N-dealkylation sites (tertiary alicyclic amines) is 1. The number of carboxylic acids is 1. The highest BCUT2D eigenvalue weighted by atomic mass is 32.1. The normalized spacial score (nSPS) is 15.3. The molecule has 7 nitrogen and oxygen atoms in total. The fraction of sp³-hybridized carbons (Fsp3) is 0.375. The van der Waals surface area contributed by atoms with Gasteiger partial charge in [0, 0.05) is 30.6 Å². The highest BCUT2D eigenvalue weighted by molar-refractivity contribution is 7.09. The zero-order valence-corrected chi connectivity index (χ0v) is 14.0. The lowest BCUT2D eigenvalue weighted by Gasteiger charge is -2.31. The first-order valence-corrected chi connectivity index (χ1v) is 8.43. The van der Waals surface area contributed by atoms with Crippen LogP contribution in [0, 0.1) is 0 Å². The van der Waals surface area contributed by atoms with Crippen LogP contribution in [0.25, 0.3) is 0 Å². The summed E-state index contributed by atoms with van der Waals surface area (Å²) in [5.74, 6) is -0.309. The van der Waals surface area contributed by atoms with E-state index in [1.165, 1.54) is 24.6 Å². The van der Waals surface area contributed by atoms with E-state index in [4.69, 9.17) is 9.84 Å². The zero-order valence-electron chi connectivity index (χ0n) is 13.1. The average molecular weight is 347 g/mol. The van der Waals surface area contributed by atoms with Gasteiger partial charge in [-0.05, 0) is 18.9 Å². The number of nitrogens with zero attached hydrogens (tertiary/aromatic N) is 3. The van der Waals surface area contributed by atoms with Crippen LogP contribution >= 0.6 is 11.3 Å². The lowest BCUT2D eigenvalue weighted by molar-refractivity contribution is 0.0690. The number of amides is 1. The first-order chi connectivity index (χ1) is 11.6. The number of ether oxygens (including phenoxy) is 1. The summed E-state index contributed by atoms with van der Waals surface area (Å²) in [6.07, 6.45) is 4.65. The number of thiazole rings is 1. The number of aromatic nitrogens is 2. The number of hydrogen-bond donors (Lipinski definition) is 1. The first kappa shape index (κ1) is 16.4. The van der Waals surface area contributed by atoms with Crippen LogP contribution < -0.4 is 4.74 Å². The number of aromatic carboxylic acids is 1. The van der Waals surface area contributed by atoms with E-state index in [1.807, 2.05) is 0 Å². The molecule has 0 bridgehead atoms. The molecule has 1 N–H and O–H groups in total. The van der Waals surface area contributed by atoms with Crippen molar-refractivity contribution in [2.24, 2.45) is 0 Å². The molecule has 1 amide bonds. The van der Waals surface area contributed by atoms with E-state index in [0.29, 0.717) is 24.4 Å². The fourth-order valence-electron chi connectivity index (χ4n) is 2.73. The predicted molar refractivity (Wildman–Crippen MR) is 87.7 cm³/mol. The minimum atomic E-state index is -1.00. The molecule has 8 heteroatoms. The third kappa shape index (κ3) is 3.38. The van der Waals surface area contributed by atoms with Crippen LogP contribution in [-0.2, 0) is 0 Å². The third-order valence-corrected chi connectivity index (χ3v) is 5.08. The molecule has 1 aliphatic rings. The van der Waals surface area contributed by atoms with E-state index in [9.17, 15) is 9.59 Å². The molecule has 3 heterocycles. The van der Waals surface area contributed by atoms with Crippen LogP contribution in [-0.4, -0.2) is 52.1 Å². The van der Waals surface area contributed by atoms with Crippen LogP contribution in [0.4, 0.5) is 0 Å². The van der Waals surface area contributed by atoms with Gasteiger partial charge in [0.25, 0.3) is 5.91 Å². The largest absolute Gasteiger partial charge is 0.495 e. The molecule has 126 valence electrons. The van der Waals surface area contributed by atoms with E-state index >= 15 is 0 Å². The van der Waals surface area contributed by atoms with Gasteiger partial charge < -0.3 is 14.7 Å². The molecular weight excluding hydrogens is 330 g/mol. The van der Waals surface area contributed by atoms with Crippen molar-refractivity contribution in [3.05, 3.63) is 40.1 Å². The standard InChI is InChI=1S/C16H17N3O4S/c1-23-12-6-11(7-17-8-12)15(20)19-4-2-10(3-5-19)14-18-13(9-24-14)16(21)22/h6-10H,2-5H2,1H3,(H,21,22). The Morgan fingerprint density at radius 1 is 1.33 bits per heavy atom. The Balaban J connectivity index is 1.63. The summed E-state index contributed by atoms with van der Waals surface area (Å²) < 4.78 is 5.10. The Morgan fingerprint density at radius 2 is 2.08 bits per heavy atom. The number of carbonyl (C=O) groups is 2. The van der Waals surface area contributed by atoms with Gasteiger partial charge in [0.1, 0.15) is 5.75 Å². The van der Waals surface area contributed by atoms with Gasteiger partial charge >= 0.3 is 5.97 Å². The van der Waals surface area contributed by atoms with Crippen molar-refractivity contribution in [2.45, 2.75) is 18.8 Å². The molecule has 0 spiro atoms. The van der Waals surface area contributed by atoms with Gasteiger partial charge in [0.2, 0.25) is 0 Å². The van der Waals surface area contributed by atoms with Crippen molar-refractivity contribution in [3.8, 4) is 5.75 Å². The van der Waals surface area contributed by atoms with E-state index < -0.39 is 5.97 Å². The molecule has 1 fully saturated rings. The number of piperidine rings is 1. The molecule has 0 radical (unpaired) electrons. The molecule has 0 aliphatic carbocycles. The number of carboxylic acid groups (broad SMARTS) is 1. The molecule has 2 aromatic rings. The molecule has 1 aliphatic heterocycles. The SMILES string of the molecule is COc1cncc(C(=O)N2CCC(c3nc(C(=O)O)cs3)CC2)c1. The quantitative estimate of drug-likeness (QED) is 0.912. The van der Waals surface area contributed by atoms with Crippen LogP contribution in [0.15, 0.2) is 23.8 Å². The predicted octanol–water partition coefficient (Wildman–Crippen LogP) is 2.26. The summed E-state index contributed by atoms with van der Waals surface area (Å²) in [6, 6.07) is 1.68. The van der Waals surface area contributed by atoms with Gasteiger partial charge in [0.05, 0.1) is 23.9 Å². The monoisotopic (exact) mass is 347 g/mol. The summed E-state index contributed by atoms with van der Waals surface area (Å²) in [7, 11) is 1.54. The Labute approximate surface area is 142 Å². The maximum Gasteiger partial charge on any atom is 0.355 e. The Morgan fingerprint density at radius 3 is 2.71 bits per heavy atom. The van der Waals surface area contributed by atoms with Crippen molar-refractivity contribution >= 4 is 23.2 Å². The average Bonchev–Trinajstić information content (AvgIpc) is 3.12. The maximum atomic E-state index is 12.5. The van der Waals surface area contributed by atoms with Crippen molar-refractivity contribution in [2.75, 3.05) is 20.2 Å². The summed E-state index contributed by atoms with van der Waals surface area (Å²) in [5.41, 5.74) is 0.603. The summed E-state index contributed by atoms with van der Waals surface area (Å²) in [6.45, 7) is 1.23. The van der Waals surface area contributed by atoms with Gasteiger partial charge in [-0.3, -0.25) is 9.78 Å². The molecule has 0 unspecified atom stereocenters. The van der Waals surface area contributed by atoms with Crippen LogP contribution in [0.2, 0.25) is 0 Å². The molecule has 2 aromatic heterocycles. The van der Waals surface area contributed by atoms with Gasteiger partial charge in [0.15, 0.2) is 5.69 Å². The topological polar surface area (TPSA) is 92.6 Å². The maximum absolute atomic E-state index is 12.5. The minimum absolute atomic E-state index is 0.0646. The van der Waals surface area contributed by atoms with Gasteiger partial charge in [-0.1, -0.05) is 0 Å². The van der Waals surface area contributed by atoms with Crippen molar-refractivity contribution in [3.63, 3.8) is 0 Å². The van der Waals surface area contributed by atoms with Crippen LogP contribution in [0.3, 0.4) is 0 Å². The Bertz CT molecular complexity index is 753. The number of pyridine rings is 1. The Hall–Kier alpha value is -2.48. The zero-order chi connectivity index (χ0) is 17.1. The fourth-order valence-corrected chi connectivity index (χ4v) is 3.70. The molecule has 24 heavy (non-hydrogen) atoms. The van der Waals surface area contributed by atoms with Gasteiger partial charge in [-0.25, -0.2) is 9.78 Å². The van der Waals surface area contributed by atoms with Gasteiger partial charge in [-0.2, -0.15) is 0 Å². The van der Waals surface area contributed by atoms with E-state index in [0.717, 1.165) is 17.8 Å². The number of methoxy groups -OCH3 is 1. The van der Waals surface area contributed by atoms with E-state index in [1.54, 1.807) is 22.5 Å². The second-order valence-electron chi connectivity index (χ2n) is 5.56. The number of rotatable bonds is 4. The lowest BCUT2D eigenvalue weighted by atomic mass is 9.97. The second kappa shape index (κ2) is 6.96. The third-order valence-electron chi connectivity index (χ3n) is 4.07. The summed E-state index contributed by atoms with van der Waals surface area (Å²) in [5, 5.41) is 11.4. The molecule has 0 aromatic carbocycles. The molecular formula is C16H17N3O4S. The first-order valence-electron chi connectivity index (χ1n) is 7.55. The van der Waals surface area contributed by atoms with Crippen molar-refractivity contribution in [1.82, 2.24) is 14.9 Å². The van der Waals surface area contributed by atoms with Gasteiger partial charge in [-0.15, -0.1) is 11.3 Å². The van der Waals surface area contributed by atoms with Crippen molar-refractivity contribution < 1.29 is 19.4 Å². The number of carbonyl (C=O) groups excluding carboxylic acids is 1. The molecule has 0 atom stereocenters. The van der Waals surface area contributed by atoms with E-state index in [2.05, 4.69) is 9.97 Å². The minimum Gasteiger partial charge on any atom is -0.495 e. The molecule has 3 rings (SSSR count). The highest BCUT2D eigenvalue weighted by Crippen LogP contribution is 2.31. The smallest absolute Gasteiger partial charge is 0.355 e. The van der Waals surface area contributed by atoms with Crippen LogP contribution in [0.1, 0.15) is 44.6 Å². The number of hydrogen-bond acceptors (Lipinski definition) is 6. The van der Waals surface area contributed by atoms with E-state index in [-0.39, 0.29) is 17.5 Å². The molecule has 1 saturated heterocycles. The summed E-state index contributed by atoms with van der Waals surface area (Å²) >= 11 is 1.37. The summed E-state index contributed by atoms with van der Waals surface area (Å²) in [4.78, 5) is 33.4. The highest BCUT2D eigenvalue weighted by Gasteiger charge is 2.27. The second-order valence-corrected chi connectivity index (χ2v) is 6.45. The Kier molecular flexibility index (Phi) is 4.75. The van der Waals surface area contributed by atoms with Crippen molar-refractivity contribution in [1.29, 1.82) is 0 Å². The van der Waals surface area contributed by atoms with Crippen LogP contribution in [0.5, 0.6) is 5.75 Å². The lowest BCUT2D eigenvalue weighted by Crippen LogP contribution is -2.38.